The largest absolute Gasteiger partial charge is 0.387 e. The lowest BCUT2D eigenvalue weighted by Crippen LogP contribution is -2.45. The van der Waals surface area contributed by atoms with Gasteiger partial charge >= 0.3 is 0 Å². The molecule has 0 radical (unpaired) electrons. The van der Waals surface area contributed by atoms with Gasteiger partial charge in [-0.3, -0.25) is 9.58 Å². The van der Waals surface area contributed by atoms with Crippen LogP contribution in [0.25, 0.3) is 0 Å². The molecule has 1 aromatic heterocycles. The number of hydrogen-bond acceptors (Lipinski definition) is 4. The molecule has 130 valence electrons. The SMILES string of the molecule is Cc1cnn(C[C@@H]2CN(C[C@H](O)c3ccc(C)c(C)c3)CCO2)c1. The van der Waals surface area contributed by atoms with E-state index < -0.39 is 6.10 Å². The first-order valence-corrected chi connectivity index (χ1v) is 8.59. The van der Waals surface area contributed by atoms with Crippen molar-refractivity contribution < 1.29 is 9.84 Å². The second-order valence-electron chi connectivity index (χ2n) is 6.85. The standard InChI is InChI=1S/C19H27N3O2/c1-14-9-20-22(10-14)12-18-11-21(6-7-24-18)13-19(23)17-5-4-15(2)16(3)8-17/h4-5,8-10,18-19,23H,6-7,11-13H2,1-3H3/t18-,19-/m0/s1. The number of aliphatic hydroxyl groups is 1. The van der Waals surface area contributed by atoms with Crippen LogP contribution in [0.4, 0.5) is 0 Å². The second-order valence-corrected chi connectivity index (χ2v) is 6.85. The van der Waals surface area contributed by atoms with E-state index in [0.717, 1.165) is 30.8 Å². The van der Waals surface area contributed by atoms with E-state index in [9.17, 15) is 5.11 Å². The fraction of sp³-hybridized carbons (Fsp3) is 0.526. The number of hydrogen-bond donors (Lipinski definition) is 1. The summed E-state index contributed by atoms with van der Waals surface area (Å²) in [5.41, 5.74) is 4.63. The van der Waals surface area contributed by atoms with Gasteiger partial charge in [-0.2, -0.15) is 5.10 Å². The zero-order valence-electron chi connectivity index (χ0n) is 14.8. The molecular formula is C19H27N3O2. The van der Waals surface area contributed by atoms with Crippen LogP contribution in [0.1, 0.15) is 28.4 Å². The number of nitrogens with zero attached hydrogens (tertiary/aromatic N) is 3. The van der Waals surface area contributed by atoms with Crippen LogP contribution in [0.3, 0.4) is 0 Å². The van der Waals surface area contributed by atoms with Gasteiger partial charge in [-0.25, -0.2) is 0 Å². The normalized spacial score (nSPS) is 20.2. The molecule has 1 aliphatic rings. The predicted molar refractivity (Wildman–Crippen MR) is 94.0 cm³/mol. The van der Waals surface area contributed by atoms with Crippen molar-refractivity contribution in [3.63, 3.8) is 0 Å². The van der Waals surface area contributed by atoms with E-state index in [4.69, 9.17) is 4.74 Å². The lowest BCUT2D eigenvalue weighted by atomic mass is 10.0. The van der Waals surface area contributed by atoms with E-state index in [1.165, 1.54) is 11.1 Å². The Morgan fingerprint density at radius 1 is 1.29 bits per heavy atom. The van der Waals surface area contributed by atoms with Crippen molar-refractivity contribution in [1.82, 2.24) is 14.7 Å². The van der Waals surface area contributed by atoms with E-state index in [1.54, 1.807) is 0 Å². The Kier molecular flexibility index (Phi) is 5.33. The number of benzene rings is 1. The highest BCUT2D eigenvalue weighted by atomic mass is 16.5. The summed E-state index contributed by atoms with van der Waals surface area (Å²) >= 11 is 0. The van der Waals surface area contributed by atoms with Crippen molar-refractivity contribution >= 4 is 0 Å². The Labute approximate surface area is 143 Å². The fourth-order valence-electron chi connectivity index (χ4n) is 3.15. The Balaban J connectivity index is 1.57. The summed E-state index contributed by atoms with van der Waals surface area (Å²) in [6.07, 6.45) is 3.55. The molecule has 5 nitrogen and oxygen atoms in total. The molecule has 2 heterocycles. The predicted octanol–water partition coefficient (Wildman–Crippen LogP) is 2.24. The summed E-state index contributed by atoms with van der Waals surface area (Å²) in [5.74, 6) is 0. The van der Waals surface area contributed by atoms with Gasteiger partial charge in [0.25, 0.3) is 0 Å². The van der Waals surface area contributed by atoms with E-state index in [-0.39, 0.29) is 6.10 Å². The van der Waals surface area contributed by atoms with Crippen molar-refractivity contribution in [2.45, 2.75) is 39.5 Å². The first-order valence-electron chi connectivity index (χ1n) is 8.59. The molecule has 0 bridgehead atoms. The zero-order valence-corrected chi connectivity index (χ0v) is 14.8. The Hall–Kier alpha value is -1.69. The number of rotatable bonds is 5. The zero-order chi connectivity index (χ0) is 17.1. The minimum Gasteiger partial charge on any atom is -0.387 e. The molecular weight excluding hydrogens is 302 g/mol. The Bertz CT molecular complexity index is 683. The van der Waals surface area contributed by atoms with Crippen LogP contribution >= 0.6 is 0 Å². The highest BCUT2D eigenvalue weighted by Gasteiger charge is 2.23. The van der Waals surface area contributed by atoms with Gasteiger partial charge in [0, 0.05) is 25.8 Å². The van der Waals surface area contributed by atoms with E-state index >= 15 is 0 Å². The highest BCUT2D eigenvalue weighted by Crippen LogP contribution is 2.19. The van der Waals surface area contributed by atoms with E-state index in [1.807, 2.05) is 30.1 Å². The summed E-state index contributed by atoms with van der Waals surface area (Å²) in [5, 5.41) is 14.9. The number of β-amino-alcohol motifs (C(OH)–C–C–N with tert-alkyl or cyclic N) is 1. The minimum absolute atomic E-state index is 0.116. The van der Waals surface area contributed by atoms with Crippen molar-refractivity contribution in [2.75, 3.05) is 26.2 Å². The van der Waals surface area contributed by atoms with Crippen LogP contribution in [0.5, 0.6) is 0 Å². The number of aromatic nitrogens is 2. The van der Waals surface area contributed by atoms with Crippen molar-refractivity contribution in [3.8, 4) is 0 Å². The molecule has 1 saturated heterocycles. The van der Waals surface area contributed by atoms with Crippen LogP contribution in [-0.2, 0) is 11.3 Å². The van der Waals surface area contributed by atoms with E-state index in [0.29, 0.717) is 13.2 Å². The van der Waals surface area contributed by atoms with Gasteiger partial charge in [0.05, 0.1) is 31.6 Å². The third-order valence-corrected chi connectivity index (χ3v) is 4.72. The van der Waals surface area contributed by atoms with Gasteiger partial charge in [-0.15, -0.1) is 0 Å². The quantitative estimate of drug-likeness (QED) is 0.914. The molecule has 0 spiro atoms. The molecule has 3 rings (SSSR count). The molecule has 1 aliphatic heterocycles. The van der Waals surface area contributed by atoms with Crippen molar-refractivity contribution in [1.29, 1.82) is 0 Å². The molecule has 24 heavy (non-hydrogen) atoms. The summed E-state index contributed by atoms with van der Waals surface area (Å²) in [4.78, 5) is 2.28. The maximum absolute atomic E-state index is 10.6. The molecule has 1 N–H and O–H groups in total. The maximum atomic E-state index is 10.6. The minimum atomic E-state index is -0.463. The average molecular weight is 329 g/mol. The van der Waals surface area contributed by atoms with Crippen LogP contribution in [0.2, 0.25) is 0 Å². The lowest BCUT2D eigenvalue weighted by Gasteiger charge is -2.34. The van der Waals surface area contributed by atoms with Crippen LogP contribution in [0.15, 0.2) is 30.6 Å². The number of ether oxygens (including phenoxy) is 1. The summed E-state index contributed by atoms with van der Waals surface area (Å²) in [7, 11) is 0. The molecule has 1 fully saturated rings. The Morgan fingerprint density at radius 2 is 2.12 bits per heavy atom. The third kappa shape index (κ3) is 4.23. The fourth-order valence-corrected chi connectivity index (χ4v) is 3.15. The highest BCUT2D eigenvalue weighted by molar-refractivity contribution is 5.31. The molecule has 2 atom stereocenters. The van der Waals surface area contributed by atoms with Gasteiger partial charge < -0.3 is 9.84 Å². The van der Waals surface area contributed by atoms with Crippen molar-refractivity contribution in [3.05, 3.63) is 52.8 Å². The average Bonchev–Trinajstić information content (AvgIpc) is 2.95. The monoisotopic (exact) mass is 329 g/mol. The topological polar surface area (TPSA) is 50.5 Å². The molecule has 0 amide bonds. The van der Waals surface area contributed by atoms with Crippen LogP contribution in [-0.4, -0.2) is 52.1 Å². The third-order valence-electron chi connectivity index (χ3n) is 4.72. The molecule has 0 unspecified atom stereocenters. The van der Waals surface area contributed by atoms with Gasteiger partial charge in [-0.1, -0.05) is 18.2 Å². The van der Waals surface area contributed by atoms with Gasteiger partial charge in [0.15, 0.2) is 0 Å². The van der Waals surface area contributed by atoms with E-state index in [2.05, 4.69) is 36.0 Å². The van der Waals surface area contributed by atoms with Crippen LogP contribution in [0, 0.1) is 20.8 Å². The maximum Gasteiger partial charge on any atom is 0.0917 e. The van der Waals surface area contributed by atoms with Crippen LogP contribution < -0.4 is 0 Å². The molecule has 5 heteroatoms. The van der Waals surface area contributed by atoms with Gasteiger partial charge in [0.2, 0.25) is 0 Å². The van der Waals surface area contributed by atoms with Gasteiger partial charge in [-0.05, 0) is 43.0 Å². The first-order chi connectivity index (χ1) is 11.5. The lowest BCUT2D eigenvalue weighted by molar-refractivity contribution is -0.0486. The molecule has 2 aromatic rings. The Morgan fingerprint density at radius 3 is 2.83 bits per heavy atom. The summed E-state index contributed by atoms with van der Waals surface area (Å²) in [6, 6.07) is 6.19. The number of aliphatic hydroxyl groups excluding tert-OH is 1. The molecule has 0 saturated carbocycles. The second kappa shape index (κ2) is 7.47. The first kappa shape index (κ1) is 17.1. The number of aryl methyl sites for hydroxylation is 3. The van der Waals surface area contributed by atoms with Gasteiger partial charge in [0.1, 0.15) is 0 Å². The van der Waals surface area contributed by atoms with Crippen molar-refractivity contribution in [2.24, 2.45) is 0 Å². The smallest absolute Gasteiger partial charge is 0.0917 e. The summed E-state index contributed by atoms with van der Waals surface area (Å²) in [6.45, 7) is 9.99. The number of morpholine rings is 1. The summed E-state index contributed by atoms with van der Waals surface area (Å²) < 4.78 is 7.79. The molecule has 0 aliphatic carbocycles. The molecule has 1 aromatic carbocycles.